The molecule has 5 nitrogen and oxygen atoms in total. The monoisotopic (exact) mass is 265 g/mol. The van der Waals surface area contributed by atoms with Crippen LogP contribution in [-0.4, -0.2) is 21.6 Å². The smallest absolute Gasteiger partial charge is 0.420 e. The molecule has 2 aromatic carbocycles. The minimum atomic E-state index is -3.92. The third-order valence-corrected chi connectivity index (χ3v) is 3.81. The van der Waals surface area contributed by atoms with E-state index in [1.807, 2.05) is 10.8 Å². The molecule has 18 heavy (non-hydrogen) atoms. The van der Waals surface area contributed by atoms with Crippen LogP contribution in [0.3, 0.4) is 0 Å². The van der Waals surface area contributed by atoms with Gasteiger partial charge in [0, 0.05) is 5.39 Å². The number of carbonyl (C=O) groups is 1. The molecular weight excluding hydrogens is 254 g/mol. The molecule has 0 spiro atoms. The summed E-state index contributed by atoms with van der Waals surface area (Å²) in [5.74, 6) is 0. The van der Waals surface area contributed by atoms with Crippen LogP contribution in [0.4, 0.5) is 4.79 Å². The second kappa shape index (κ2) is 4.66. The first kappa shape index (κ1) is 12.4. The van der Waals surface area contributed by atoms with E-state index in [4.69, 9.17) is 0 Å². The lowest BCUT2D eigenvalue weighted by Crippen LogP contribution is -2.30. The van der Waals surface area contributed by atoms with Crippen molar-refractivity contribution in [2.45, 2.75) is 4.90 Å². The Labute approximate surface area is 104 Å². The fourth-order valence-corrected chi connectivity index (χ4v) is 2.78. The summed E-state index contributed by atoms with van der Waals surface area (Å²) in [6, 6.07) is 11.9. The molecule has 0 aliphatic carbocycles. The second-order valence-corrected chi connectivity index (χ2v) is 5.23. The van der Waals surface area contributed by atoms with E-state index in [-0.39, 0.29) is 4.90 Å². The van der Waals surface area contributed by atoms with E-state index >= 15 is 0 Å². The number of amides is 1. The zero-order valence-corrected chi connectivity index (χ0v) is 10.4. The van der Waals surface area contributed by atoms with E-state index in [1.165, 1.54) is 6.07 Å². The van der Waals surface area contributed by atoms with Crippen LogP contribution in [0.2, 0.25) is 0 Å². The van der Waals surface area contributed by atoms with Crippen molar-refractivity contribution in [3.8, 4) is 0 Å². The molecule has 0 aliphatic rings. The Kier molecular flexibility index (Phi) is 3.20. The van der Waals surface area contributed by atoms with E-state index < -0.39 is 16.1 Å². The molecule has 1 amide bonds. The van der Waals surface area contributed by atoms with Crippen molar-refractivity contribution in [1.29, 1.82) is 0 Å². The Morgan fingerprint density at radius 1 is 1.11 bits per heavy atom. The molecule has 0 saturated heterocycles. The molecule has 0 bridgehead atoms. The molecule has 0 aliphatic heterocycles. The van der Waals surface area contributed by atoms with Gasteiger partial charge in [-0.25, -0.2) is 17.9 Å². The Bertz CT molecular complexity index is 689. The number of fused-ring (bicyclic) bond motifs is 1. The molecule has 1 N–H and O–H groups in total. The van der Waals surface area contributed by atoms with Gasteiger partial charge >= 0.3 is 6.09 Å². The predicted octanol–water partition coefficient (Wildman–Crippen LogP) is 1.88. The van der Waals surface area contributed by atoms with Crippen molar-refractivity contribution < 1.29 is 17.9 Å². The van der Waals surface area contributed by atoms with E-state index in [2.05, 4.69) is 4.74 Å². The lowest BCUT2D eigenvalue weighted by atomic mass is 10.1. The van der Waals surface area contributed by atoms with Gasteiger partial charge in [-0.05, 0) is 11.5 Å². The molecule has 0 heterocycles. The molecule has 2 rings (SSSR count). The zero-order chi connectivity index (χ0) is 13.2. The van der Waals surface area contributed by atoms with Crippen LogP contribution in [0.1, 0.15) is 0 Å². The van der Waals surface area contributed by atoms with Crippen LogP contribution >= 0.6 is 0 Å². The van der Waals surface area contributed by atoms with Crippen LogP contribution in [0.25, 0.3) is 10.8 Å². The van der Waals surface area contributed by atoms with Crippen molar-refractivity contribution in [3.05, 3.63) is 42.5 Å². The average molecular weight is 265 g/mol. The highest BCUT2D eigenvalue weighted by Gasteiger charge is 2.19. The second-order valence-electron chi connectivity index (χ2n) is 3.57. The summed E-state index contributed by atoms with van der Waals surface area (Å²) in [5.41, 5.74) is 0. The highest BCUT2D eigenvalue weighted by Crippen LogP contribution is 2.22. The number of benzene rings is 2. The van der Waals surface area contributed by atoms with Gasteiger partial charge in [0.25, 0.3) is 10.0 Å². The summed E-state index contributed by atoms with van der Waals surface area (Å²) < 4.78 is 30.1. The van der Waals surface area contributed by atoms with Crippen LogP contribution < -0.4 is 4.72 Å². The zero-order valence-electron chi connectivity index (χ0n) is 9.58. The van der Waals surface area contributed by atoms with Gasteiger partial charge in [0.15, 0.2) is 0 Å². The predicted molar refractivity (Wildman–Crippen MR) is 66.7 cm³/mol. The molecule has 0 fully saturated rings. The first-order valence-corrected chi connectivity index (χ1v) is 6.61. The van der Waals surface area contributed by atoms with Crippen LogP contribution in [0, 0.1) is 0 Å². The van der Waals surface area contributed by atoms with Crippen molar-refractivity contribution in [2.75, 3.05) is 7.11 Å². The van der Waals surface area contributed by atoms with Gasteiger partial charge in [0.05, 0.1) is 12.0 Å². The fraction of sp³-hybridized carbons (Fsp3) is 0.0833. The quantitative estimate of drug-likeness (QED) is 0.899. The number of ether oxygens (including phenoxy) is 1. The van der Waals surface area contributed by atoms with Crippen LogP contribution in [0.15, 0.2) is 47.4 Å². The molecular formula is C12H11NO4S. The molecule has 2 aromatic rings. The highest BCUT2D eigenvalue weighted by atomic mass is 32.2. The molecule has 0 aromatic heterocycles. The van der Waals surface area contributed by atoms with Gasteiger partial charge in [-0.15, -0.1) is 0 Å². The fourth-order valence-electron chi connectivity index (χ4n) is 1.64. The maximum atomic E-state index is 12.0. The average Bonchev–Trinajstić information content (AvgIpc) is 2.37. The van der Waals surface area contributed by atoms with Gasteiger partial charge in [-0.3, -0.25) is 0 Å². The topological polar surface area (TPSA) is 72.5 Å². The van der Waals surface area contributed by atoms with Crippen LogP contribution in [-0.2, 0) is 14.8 Å². The summed E-state index contributed by atoms with van der Waals surface area (Å²) in [7, 11) is -2.82. The number of nitrogens with one attached hydrogen (secondary N) is 1. The maximum absolute atomic E-state index is 12.0. The number of hydrogen-bond donors (Lipinski definition) is 1. The van der Waals surface area contributed by atoms with Gasteiger partial charge < -0.3 is 4.74 Å². The first-order chi connectivity index (χ1) is 8.54. The highest BCUT2D eigenvalue weighted by molar-refractivity contribution is 7.90. The normalized spacial score (nSPS) is 11.2. The summed E-state index contributed by atoms with van der Waals surface area (Å²) >= 11 is 0. The molecule has 0 saturated carbocycles. The van der Waals surface area contributed by atoms with Crippen molar-refractivity contribution >= 4 is 26.9 Å². The maximum Gasteiger partial charge on any atom is 0.420 e. The van der Waals surface area contributed by atoms with E-state index in [0.29, 0.717) is 5.39 Å². The van der Waals surface area contributed by atoms with Gasteiger partial charge in [0.1, 0.15) is 0 Å². The molecule has 0 radical (unpaired) electrons. The molecule has 0 atom stereocenters. The van der Waals surface area contributed by atoms with Crippen molar-refractivity contribution in [1.82, 2.24) is 4.72 Å². The number of methoxy groups -OCH3 is 1. The van der Waals surface area contributed by atoms with E-state index in [9.17, 15) is 13.2 Å². The SMILES string of the molecule is COC(=O)NS(=O)(=O)c1cccc2ccccc12. The minimum absolute atomic E-state index is 0.0472. The number of sulfonamides is 1. The van der Waals surface area contributed by atoms with Crippen molar-refractivity contribution in [2.24, 2.45) is 0 Å². The Morgan fingerprint density at radius 3 is 2.50 bits per heavy atom. The Hall–Kier alpha value is -2.08. The first-order valence-electron chi connectivity index (χ1n) is 5.13. The summed E-state index contributed by atoms with van der Waals surface area (Å²) in [6.45, 7) is 0. The Morgan fingerprint density at radius 2 is 1.78 bits per heavy atom. The summed E-state index contributed by atoms with van der Waals surface area (Å²) in [6.07, 6.45) is -1.01. The summed E-state index contributed by atoms with van der Waals surface area (Å²) in [5, 5.41) is 1.33. The number of rotatable bonds is 2. The van der Waals surface area contributed by atoms with Gasteiger partial charge in [-0.1, -0.05) is 36.4 Å². The Balaban J connectivity index is 2.57. The largest absolute Gasteiger partial charge is 0.452 e. The van der Waals surface area contributed by atoms with Gasteiger partial charge in [0.2, 0.25) is 0 Å². The van der Waals surface area contributed by atoms with Crippen molar-refractivity contribution in [3.63, 3.8) is 0 Å². The number of hydrogen-bond acceptors (Lipinski definition) is 4. The molecule has 94 valence electrons. The lowest BCUT2D eigenvalue weighted by Gasteiger charge is -2.08. The summed E-state index contributed by atoms with van der Waals surface area (Å²) in [4.78, 5) is 11.1. The lowest BCUT2D eigenvalue weighted by molar-refractivity contribution is 0.177. The minimum Gasteiger partial charge on any atom is -0.452 e. The van der Waals surface area contributed by atoms with E-state index in [0.717, 1.165) is 12.5 Å². The third-order valence-electron chi connectivity index (χ3n) is 2.44. The third kappa shape index (κ3) is 2.28. The van der Waals surface area contributed by atoms with Crippen LogP contribution in [0.5, 0.6) is 0 Å². The molecule has 0 unspecified atom stereocenters. The number of carbonyl (C=O) groups excluding carboxylic acids is 1. The van der Waals surface area contributed by atoms with Gasteiger partial charge in [-0.2, -0.15) is 0 Å². The molecule has 6 heteroatoms. The van der Waals surface area contributed by atoms with E-state index in [1.54, 1.807) is 30.3 Å². The standard InChI is InChI=1S/C12H11NO4S/c1-17-12(14)13-18(15,16)11-8-4-6-9-5-2-3-7-10(9)11/h2-8H,1H3,(H,13,14).